The maximum absolute atomic E-state index is 13.3. The number of likely N-dealkylation sites (tertiary alicyclic amines) is 1. The predicted molar refractivity (Wildman–Crippen MR) is 90.0 cm³/mol. The van der Waals surface area contributed by atoms with E-state index in [4.69, 9.17) is 0 Å². The Morgan fingerprint density at radius 1 is 1.17 bits per heavy atom. The lowest BCUT2D eigenvalue weighted by molar-refractivity contribution is -0.130. The first-order chi connectivity index (χ1) is 11.1. The minimum Gasteiger partial charge on any atom is -0.371 e. The average Bonchev–Trinajstić information content (AvgIpc) is 2.56. The van der Waals surface area contributed by atoms with Crippen LogP contribution in [0.5, 0.6) is 0 Å². The summed E-state index contributed by atoms with van der Waals surface area (Å²) < 4.78 is 13.3. The number of anilines is 1. The number of nitrogens with zero attached hydrogens (tertiary/aromatic N) is 2. The minimum atomic E-state index is -0.172. The zero-order chi connectivity index (χ0) is 16.2. The Kier molecular flexibility index (Phi) is 5.16. The van der Waals surface area contributed by atoms with Crippen LogP contribution in [-0.2, 0) is 4.79 Å². The van der Waals surface area contributed by atoms with Crippen LogP contribution in [0, 0.1) is 5.82 Å². The summed E-state index contributed by atoms with van der Waals surface area (Å²) in [6.45, 7) is 5.28. The molecule has 5 heteroatoms. The van der Waals surface area contributed by atoms with Crippen molar-refractivity contribution in [3.63, 3.8) is 0 Å². The highest BCUT2D eigenvalue weighted by Crippen LogP contribution is 2.21. The highest BCUT2D eigenvalue weighted by molar-refractivity contribution is 5.73. The molecule has 1 aromatic carbocycles. The number of piperidine rings is 2. The van der Waals surface area contributed by atoms with Crippen LogP contribution in [0.4, 0.5) is 10.1 Å². The van der Waals surface area contributed by atoms with E-state index in [2.05, 4.69) is 10.2 Å². The fourth-order valence-corrected chi connectivity index (χ4v) is 3.71. The van der Waals surface area contributed by atoms with Gasteiger partial charge in [0, 0.05) is 50.9 Å². The van der Waals surface area contributed by atoms with Crippen molar-refractivity contribution < 1.29 is 9.18 Å². The van der Waals surface area contributed by atoms with E-state index in [0.717, 1.165) is 57.5 Å². The van der Waals surface area contributed by atoms with Gasteiger partial charge in [0.15, 0.2) is 0 Å². The number of hydrogen-bond donors (Lipinski definition) is 1. The standard InChI is InChI=1S/C18H26FN3O/c1-14(23)22-9-3-5-17(13-22)20-16-7-10-21(11-8-16)18-6-2-4-15(19)12-18/h2,4,6,12,16-17,20H,3,5,7-11,13H2,1H3. The van der Waals surface area contributed by atoms with Gasteiger partial charge in [0.05, 0.1) is 0 Å². The van der Waals surface area contributed by atoms with Crippen molar-refractivity contribution in [2.45, 2.75) is 44.7 Å². The first kappa shape index (κ1) is 16.2. The van der Waals surface area contributed by atoms with Crippen molar-refractivity contribution in [1.82, 2.24) is 10.2 Å². The molecule has 0 bridgehead atoms. The lowest BCUT2D eigenvalue weighted by Gasteiger charge is -2.38. The average molecular weight is 319 g/mol. The summed E-state index contributed by atoms with van der Waals surface area (Å²) in [7, 11) is 0. The van der Waals surface area contributed by atoms with Crippen molar-refractivity contribution in [1.29, 1.82) is 0 Å². The van der Waals surface area contributed by atoms with Crippen molar-refractivity contribution in [3.05, 3.63) is 30.1 Å². The summed E-state index contributed by atoms with van der Waals surface area (Å²) in [5, 5.41) is 3.73. The molecule has 4 nitrogen and oxygen atoms in total. The van der Waals surface area contributed by atoms with Crippen LogP contribution < -0.4 is 10.2 Å². The van der Waals surface area contributed by atoms with Gasteiger partial charge in [-0.25, -0.2) is 4.39 Å². The number of carbonyl (C=O) groups is 1. The van der Waals surface area contributed by atoms with Crippen LogP contribution in [0.15, 0.2) is 24.3 Å². The quantitative estimate of drug-likeness (QED) is 0.929. The summed E-state index contributed by atoms with van der Waals surface area (Å²) in [6, 6.07) is 7.76. The number of carbonyl (C=O) groups excluding carboxylic acids is 1. The van der Waals surface area contributed by atoms with Gasteiger partial charge in [0.1, 0.15) is 5.82 Å². The first-order valence-electron chi connectivity index (χ1n) is 8.64. The lowest BCUT2D eigenvalue weighted by atomic mass is 9.99. The second kappa shape index (κ2) is 7.30. The van der Waals surface area contributed by atoms with E-state index in [0.29, 0.717) is 12.1 Å². The van der Waals surface area contributed by atoms with Crippen LogP contribution in [0.25, 0.3) is 0 Å². The Morgan fingerprint density at radius 2 is 1.96 bits per heavy atom. The van der Waals surface area contributed by atoms with E-state index >= 15 is 0 Å². The lowest BCUT2D eigenvalue weighted by Crippen LogP contribution is -2.52. The fourth-order valence-electron chi connectivity index (χ4n) is 3.71. The second-order valence-electron chi connectivity index (χ2n) is 6.71. The molecule has 2 heterocycles. The van der Waals surface area contributed by atoms with Gasteiger partial charge in [0.25, 0.3) is 0 Å². The number of nitrogens with one attached hydrogen (secondary N) is 1. The summed E-state index contributed by atoms with van der Waals surface area (Å²) in [6.07, 6.45) is 4.35. The fraction of sp³-hybridized carbons (Fsp3) is 0.611. The molecule has 23 heavy (non-hydrogen) atoms. The highest BCUT2D eigenvalue weighted by atomic mass is 19.1. The Balaban J connectivity index is 1.48. The van der Waals surface area contributed by atoms with E-state index in [9.17, 15) is 9.18 Å². The molecule has 2 aliphatic heterocycles. The SMILES string of the molecule is CC(=O)N1CCCC(NC2CCN(c3cccc(F)c3)CC2)C1. The number of rotatable bonds is 3. The molecule has 1 N–H and O–H groups in total. The van der Waals surface area contributed by atoms with Crippen LogP contribution in [0.2, 0.25) is 0 Å². The largest absolute Gasteiger partial charge is 0.371 e. The first-order valence-corrected chi connectivity index (χ1v) is 8.64. The molecule has 0 aliphatic carbocycles. The highest BCUT2D eigenvalue weighted by Gasteiger charge is 2.26. The molecule has 0 spiro atoms. The molecule has 2 aliphatic rings. The van der Waals surface area contributed by atoms with Crippen molar-refractivity contribution in [2.75, 3.05) is 31.1 Å². The minimum absolute atomic E-state index is 0.172. The molecule has 1 atom stereocenters. The third kappa shape index (κ3) is 4.22. The van der Waals surface area contributed by atoms with Crippen molar-refractivity contribution in [3.8, 4) is 0 Å². The molecular weight excluding hydrogens is 293 g/mol. The zero-order valence-electron chi connectivity index (χ0n) is 13.8. The van der Waals surface area contributed by atoms with Gasteiger partial charge < -0.3 is 15.1 Å². The van der Waals surface area contributed by atoms with E-state index in [1.54, 1.807) is 19.1 Å². The van der Waals surface area contributed by atoms with Crippen LogP contribution in [0.3, 0.4) is 0 Å². The monoisotopic (exact) mass is 319 g/mol. The maximum Gasteiger partial charge on any atom is 0.219 e. The molecule has 0 radical (unpaired) electrons. The Morgan fingerprint density at radius 3 is 2.65 bits per heavy atom. The van der Waals surface area contributed by atoms with Gasteiger partial charge >= 0.3 is 0 Å². The predicted octanol–water partition coefficient (Wildman–Crippen LogP) is 2.39. The third-order valence-electron chi connectivity index (χ3n) is 5.01. The summed E-state index contributed by atoms with van der Waals surface area (Å²) in [5.41, 5.74) is 0.976. The normalized spacial score (nSPS) is 23.1. The second-order valence-corrected chi connectivity index (χ2v) is 6.71. The van der Waals surface area contributed by atoms with Gasteiger partial charge in [-0.1, -0.05) is 6.07 Å². The van der Waals surface area contributed by atoms with Gasteiger partial charge in [-0.3, -0.25) is 4.79 Å². The molecule has 1 unspecified atom stereocenters. The molecule has 3 rings (SSSR count). The smallest absolute Gasteiger partial charge is 0.219 e. The third-order valence-corrected chi connectivity index (χ3v) is 5.01. The Bertz CT molecular complexity index is 543. The van der Waals surface area contributed by atoms with Crippen molar-refractivity contribution in [2.24, 2.45) is 0 Å². The summed E-state index contributed by atoms with van der Waals surface area (Å²) >= 11 is 0. The van der Waals surface area contributed by atoms with Crippen LogP contribution in [-0.4, -0.2) is 49.1 Å². The van der Waals surface area contributed by atoms with E-state index in [-0.39, 0.29) is 11.7 Å². The van der Waals surface area contributed by atoms with Gasteiger partial charge in [-0.2, -0.15) is 0 Å². The number of benzene rings is 1. The molecule has 0 saturated carbocycles. The number of amides is 1. The van der Waals surface area contributed by atoms with E-state index in [1.165, 1.54) is 6.07 Å². The topological polar surface area (TPSA) is 35.6 Å². The molecule has 2 fully saturated rings. The van der Waals surface area contributed by atoms with E-state index < -0.39 is 0 Å². The molecule has 126 valence electrons. The maximum atomic E-state index is 13.3. The van der Waals surface area contributed by atoms with Crippen LogP contribution >= 0.6 is 0 Å². The summed E-state index contributed by atoms with van der Waals surface area (Å²) in [5.74, 6) is 0.00621. The van der Waals surface area contributed by atoms with Gasteiger partial charge in [-0.15, -0.1) is 0 Å². The van der Waals surface area contributed by atoms with Crippen LogP contribution in [0.1, 0.15) is 32.6 Å². The Labute approximate surface area is 137 Å². The van der Waals surface area contributed by atoms with Gasteiger partial charge in [-0.05, 0) is 43.9 Å². The molecule has 1 amide bonds. The number of hydrogen-bond acceptors (Lipinski definition) is 3. The summed E-state index contributed by atoms with van der Waals surface area (Å²) in [4.78, 5) is 15.7. The molecule has 0 aromatic heterocycles. The van der Waals surface area contributed by atoms with E-state index in [1.807, 2.05) is 11.0 Å². The zero-order valence-corrected chi connectivity index (χ0v) is 13.8. The Hall–Kier alpha value is -1.62. The van der Waals surface area contributed by atoms with Crippen molar-refractivity contribution >= 4 is 11.6 Å². The molecule has 1 aromatic rings. The van der Waals surface area contributed by atoms with Gasteiger partial charge in [0.2, 0.25) is 5.91 Å². The molecular formula is C18H26FN3O. The molecule has 2 saturated heterocycles. The number of halogens is 1.